The van der Waals surface area contributed by atoms with Crippen molar-refractivity contribution in [2.75, 3.05) is 0 Å². The van der Waals surface area contributed by atoms with Crippen molar-refractivity contribution in [3.63, 3.8) is 0 Å². The van der Waals surface area contributed by atoms with Gasteiger partial charge in [0.05, 0.1) is 0 Å². The lowest BCUT2D eigenvalue weighted by Crippen LogP contribution is -2.15. The highest BCUT2D eigenvalue weighted by atomic mass is 16.4. The van der Waals surface area contributed by atoms with Gasteiger partial charge in [-0.25, -0.2) is 0 Å². The van der Waals surface area contributed by atoms with Crippen molar-refractivity contribution < 1.29 is 12.6 Å². The topological polar surface area (TPSA) is 63.3 Å². The lowest BCUT2D eigenvalue weighted by atomic mass is 10.2. The Hall–Kier alpha value is -0.570. The fraction of sp³-hybridized carbons (Fsp3) is 0.800. The molecule has 0 rings (SSSR count). The first-order valence-corrected chi connectivity index (χ1v) is 2.29. The van der Waals surface area contributed by atoms with Crippen molar-refractivity contribution >= 4 is 5.97 Å². The molecule has 0 bridgehead atoms. The number of hydrogen-bond acceptors (Lipinski definition) is 2. The Bertz CT molecular complexity index is 129. The quantitative estimate of drug-likeness (QED) is 0.557. The van der Waals surface area contributed by atoms with Crippen LogP contribution in [0.1, 0.15) is 22.5 Å². The van der Waals surface area contributed by atoms with Crippen molar-refractivity contribution in [2.45, 2.75) is 25.8 Å². The van der Waals surface area contributed by atoms with E-state index in [2.05, 4.69) is 0 Å². The fourth-order valence-electron chi connectivity index (χ4n) is 0.234. The van der Waals surface area contributed by atoms with Gasteiger partial charge in [0.1, 0.15) is 0 Å². The summed E-state index contributed by atoms with van der Waals surface area (Å²) >= 11 is 0. The molecular weight excluding hydrogens is 106 g/mol. The van der Waals surface area contributed by atoms with E-state index in [-0.39, 0.29) is 0 Å². The molecule has 0 aromatic heterocycles. The second-order valence-electron chi connectivity index (χ2n) is 1.56. The van der Waals surface area contributed by atoms with Gasteiger partial charge in [0.15, 0.2) is 0 Å². The molecule has 3 heteroatoms. The molecule has 0 heterocycles. The van der Waals surface area contributed by atoms with Gasteiger partial charge in [0, 0.05) is 15.2 Å². The van der Waals surface area contributed by atoms with Crippen LogP contribution in [0.2, 0.25) is 0 Å². The Morgan fingerprint density at radius 3 is 2.75 bits per heavy atom. The van der Waals surface area contributed by atoms with E-state index in [0.29, 0.717) is 0 Å². The Balaban J connectivity index is 3.94. The average Bonchev–Trinajstić information content (AvgIpc) is 1.84. The molecule has 48 valence electrons. The Kier molecular flexibility index (Phi) is 1.86. The van der Waals surface area contributed by atoms with E-state index < -0.39 is 24.8 Å². The zero-order valence-corrected chi connectivity index (χ0v) is 4.66. The summed E-state index contributed by atoms with van der Waals surface area (Å²) in [6.45, 7) is 1.52. The van der Waals surface area contributed by atoms with E-state index in [1.54, 1.807) is 0 Å². The third-order valence-electron chi connectivity index (χ3n) is 0.542. The molecule has 3 nitrogen and oxygen atoms in total. The Labute approximate surface area is 51.3 Å². The first-order chi connectivity index (χ1) is 4.46. The summed E-state index contributed by atoms with van der Waals surface area (Å²) in [6, 6.07) is -0.571. The van der Waals surface area contributed by atoms with Crippen LogP contribution in [0.15, 0.2) is 0 Å². The summed E-state index contributed by atoms with van der Waals surface area (Å²) in [5, 5.41) is 8.24. The Morgan fingerprint density at radius 2 is 2.62 bits per heavy atom. The number of rotatable bonds is 3. The molecule has 0 aliphatic rings. The summed E-state index contributed by atoms with van der Waals surface area (Å²) in [5.41, 5.74) is 5.20. The van der Waals surface area contributed by atoms with Crippen molar-refractivity contribution in [2.24, 2.45) is 5.73 Å². The van der Waals surface area contributed by atoms with Gasteiger partial charge in [-0.2, -0.15) is 0 Å². The second kappa shape index (κ2) is 3.43. The van der Waals surface area contributed by atoms with Crippen LogP contribution < -0.4 is 5.73 Å². The fourth-order valence-corrected chi connectivity index (χ4v) is 0.234. The van der Waals surface area contributed by atoms with Crippen LogP contribution in [0.3, 0.4) is 0 Å². The van der Waals surface area contributed by atoms with Gasteiger partial charge in [-0.15, -0.1) is 0 Å². The van der Waals surface area contributed by atoms with E-state index in [9.17, 15) is 4.79 Å². The minimum Gasteiger partial charge on any atom is -0.481 e. The lowest BCUT2D eigenvalue weighted by Gasteiger charge is -1.98. The highest BCUT2D eigenvalue weighted by Gasteiger charge is 1.98. The summed E-state index contributed by atoms with van der Waals surface area (Å²) in [4.78, 5) is 10.1. The van der Waals surface area contributed by atoms with Crippen LogP contribution in [0.5, 0.6) is 0 Å². The molecular formula is C5H11NO2. The molecule has 0 spiro atoms. The van der Waals surface area contributed by atoms with Crippen LogP contribution in [0, 0.1) is 0 Å². The maximum Gasteiger partial charge on any atom is 0.303 e. The van der Waals surface area contributed by atoms with Crippen LogP contribution in [0.4, 0.5) is 0 Å². The zero-order chi connectivity index (χ0) is 8.31. The molecule has 0 aromatic rings. The molecule has 0 radical (unpaired) electrons. The summed E-state index contributed by atoms with van der Waals surface area (Å²) in [7, 11) is 0. The maximum atomic E-state index is 10.1. The minimum absolute atomic E-state index is 0.571. The molecule has 0 aliphatic carbocycles. The average molecular weight is 119 g/mol. The van der Waals surface area contributed by atoms with Gasteiger partial charge in [-0.05, 0) is 13.3 Å². The molecule has 3 N–H and O–H groups in total. The van der Waals surface area contributed by atoms with E-state index >= 15 is 0 Å². The minimum atomic E-state index is -1.43. The molecule has 8 heavy (non-hydrogen) atoms. The van der Waals surface area contributed by atoms with Gasteiger partial charge in [0.25, 0.3) is 0 Å². The summed E-state index contributed by atoms with van der Waals surface area (Å²) in [5.74, 6) is -1.29. The van der Waals surface area contributed by atoms with E-state index in [1.165, 1.54) is 6.92 Å². The number of carbonyl (C=O) groups is 1. The van der Waals surface area contributed by atoms with E-state index in [4.69, 9.17) is 13.6 Å². The lowest BCUT2D eigenvalue weighted by molar-refractivity contribution is -0.137. The number of hydrogen-bond donors (Lipinski definition) is 2. The zero-order valence-electron chi connectivity index (χ0n) is 6.66. The SMILES string of the molecule is [2H]C(C(=O)O)C([2H])[C@@H](C)N. The Morgan fingerprint density at radius 1 is 2.12 bits per heavy atom. The van der Waals surface area contributed by atoms with Gasteiger partial charge < -0.3 is 10.8 Å². The third-order valence-corrected chi connectivity index (χ3v) is 0.542. The predicted octanol–water partition coefficient (Wildman–Crippen LogP) is 0.198. The second-order valence-corrected chi connectivity index (χ2v) is 1.56. The highest BCUT2D eigenvalue weighted by molar-refractivity contribution is 5.66. The predicted molar refractivity (Wildman–Crippen MR) is 30.5 cm³/mol. The molecule has 0 saturated heterocycles. The van der Waals surface area contributed by atoms with Crippen molar-refractivity contribution in [3.05, 3.63) is 0 Å². The normalized spacial score (nSPS) is 24.8. The highest BCUT2D eigenvalue weighted by Crippen LogP contribution is 1.91. The maximum absolute atomic E-state index is 10.1. The van der Waals surface area contributed by atoms with Gasteiger partial charge >= 0.3 is 5.97 Å². The number of aliphatic carboxylic acids is 1. The number of nitrogens with two attached hydrogens (primary N) is 1. The van der Waals surface area contributed by atoms with Gasteiger partial charge in [0.2, 0.25) is 0 Å². The smallest absolute Gasteiger partial charge is 0.303 e. The van der Waals surface area contributed by atoms with Crippen molar-refractivity contribution in [1.82, 2.24) is 0 Å². The standard InChI is InChI=1S/C5H11NO2/c1-4(6)2-3-5(7)8/h4H,2-3,6H2,1H3,(H,7,8)/t4-/m1/s1/i2D,3D/t2?,3?,4-. The summed E-state index contributed by atoms with van der Waals surface area (Å²) in [6.07, 6.45) is -2.47. The molecule has 2 unspecified atom stereocenters. The van der Waals surface area contributed by atoms with Crippen LogP contribution in [0.25, 0.3) is 0 Å². The van der Waals surface area contributed by atoms with Gasteiger partial charge in [-0.1, -0.05) is 0 Å². The van der Waals surface area contributed by atoms with Crippen molar-refractivity contribution in [3.8, 4) is 0 Å². The molecule has 0 aliphatic heterocycles. The van der Waals surface area contributed by atoms with E-state index in [0.717, 1.165) is 0 Å². The first kappa shape index (κ1) is 4.32. The van der Waals surface area contributed by atoms with Crippen LogP contribution >= 0.6 is 0 Å². The molecule has 3 atom stereocenters. The first-order valence-electron chi connectivity index (χ1n) is 3.45. The molecule has 0 fully saturated rings. The van der Waals surface area contributed by atoms with Crippen molar-refractivity contribution in [1.29, 1.82) is 0 Å². The molecule has 0 aromatic carbocycles. The molecule has 0 saturated carbocycles. The van der Waals surface area contributed by atoms with Gasteiger partial charge in [-0.3, -0.25) is 4.79 Å². The number of carboxylic acid groups (broad SMARTS) is 1. The summed E-state index contributed by atoms with van der Waals surface area (Å²) < 4.78 is 14.0. The number of carboxylic acids is 1. The monoisotopic (exact) mass is 119 g/mol. The van der Waals surface area contributed by atoms with Crippen LogP contribution in [-0.4, -0.2) is 17.1 Å². The van der Waals surface area contributed by atoms with Crippen LogP contribution in [-0.2, 0) is 4.79 Å². The molecule has 0 amide bonds. The largest absolute Gasteiger partial charge is 0.481 e. The third kappa shape index (κ3) is 5.43. The van der Waals surface area contributed by atoms with E-state index in [1.807, 2.05) is 0 Å².